The van der Waals surface area contributed by atoms with Crippen LogP contribution < -0.4 is 0 Å². The van der Waals surface area contributed by atoms with Gasteiger partial charge in [-0.3, -0.25) is 0 Å². The Morgan fingerprint density at radius 3 is 1.62 bits per heavy atom. The van der Waals surface area contributed by atoms with E-state index in [1.807, 2.05) is 0 Å². The maximum Gasteiger partial charge on any atom is 0.129 e. The lowest BCUT2D eigenvalue weighted by atomic mass is 9.80. The van der Waals surface area contributed by atoms with Crippen molar-refractivity contribution in [1.29, 1.82) is 0 Å². The second-order valence-corrected chi connectivity index (χ2v) is 8.69. The fourth-order valence-corrected chi connectivity index (χ4v) is 3.99. The average Bonchev–Trinajstić information content (AvgIpc) is 2.79. The summed E-state index contributed by atoms with van der Waals surface area (Å²) in [6.07, 6.45) is -9.59. The molecule has 0 aliphatic carbocycles. The molecule has 0 aliphatic heterocycles. The Labute approximate surface area is 194 Å². The van der Waals surface area contributed by atoms with Crippen molar-refractivity contribution in [2.45, 2.75) is 56.7 Å². The van der Waals surface area contributed by atoms with Gasteiger partial charge in [0.1, 0.15) is 47.7 Å². The van der Waals surface area contributed by atoms with Gasteiger partial charge in [-0.05, 0) is 54.4 Å². The summed E-state index contributed by atoms with van der Waals surface area (Å²) in [5, 5.41) is 59.7. The summed E-state index contributed by atoms with van der Waals surface area (Å²) >= 11 is 0. The third-order valence-corrected chi connectivity index (χ3v) is 5.90. The van der Waals surface area contributed by atoms with Crippen molar-refractivity contribution < 1.29 is 48.2 Å². The highest BCUT2D eigenvalue weighted by atomic mass is 19.1. The van der Waals surface area contributed by atoms with Gasteiger partial charge in [0, 0.05) is 12.1 Å². The molecule has 10 heteroatoms. The molecule has 2 aromatic carbocycles. The number of benzene rings is 2. The first-order chi connectivity index (χ1) is 15.9. The Morgan fingerprint density at radius 2 is 1.15 bits per heavy atom. The predicted octanol–water partition coefficient (Wildman–Crippen LogP) is 1.47. The molecule has 6 nitrogen and oxygen atoms in total. The highest BCUT2D eigenvalue weighted by Crippen LogP contribution is 2.28. The number of hydrogen-bond donors (Lipinski definition) is 6. The van der Waals surface area contributed by atoms with Crippen molar-refractivity contribution in [1.82, 2.24) is 0 Å². The van der Waals surface area contributed by atoms with E-state index in [9.17, 15) is 43.1 Å². The average molecular weight is 490 g/mol. The zero-order valence-electron chi connectivity index (χ0n) is 18.5. The Hall–Kier alpha value is -2.08. The van der Waals surface area contributed by atoms with E-state index in [-0.39, 0.29) is 36.3 Å². The molecule has 0 fully saturated rings. The molecule has 0 bridgehead atoms. The van der Waals surface area contributed by atoms with Crippen molar-refractivity contribution in [3.63, 3.8) is 0 Å². The van der Waals surface area contributed by atoms with E-state index in [1.54, 1.807) is 6.92 Å². The number of hydrogen-bond acceptors (Lipinski definition) is 6. The molecule has 34 heavy (non-hydrogen) atoms. The zero-order chi connectivity index (χ0) is 25.6. The van der Waals surface area contributed by atoms with Crippen LogP contribution in [0.15, 0.2) is 36.4 Å². The van der Waals surface area contributed by atoms with E-state index >= 15 is 0 Å². The summed E-state index contributed by atoms with van der Waals surface area (Å²) in [6.45, 7) is 0.780. The molecule has 0 heterocycles. The lowest BCUT2D eigenvalue weighted by molar-refractivity contribution is -0.149. The van der Waals surface area contributed by atoms with Gasteiger partial charge in [0.05, 0.1) is 12.7 Å². The molecule has 0 saturated heterocycles. The molecule has 0 aliphatic rings. The largest absolute Gasteiger partial charge is 0.394 e. The molecule has 0 saturated carbocycles. The first kappa shape index (κ1) is 28.2. The fraction of sp³-hybridized carbons (Fsp3) is 0.500. The molecule has 0 amide bonds. The summed E-state index contributed by atoms with van der Waals surface area (Å²) in [6, 6.07) is 5.95. The smallest absolute Gasteiger partial charge is 0.129 e. The summed E-state index contributed by atoms with van der Waals surface area (Å²) < 4.78 is 54.8. The van der Waals surface area contributed by atoms with Crippen LogP contribution >= 0.6 is 0 Å². The van der Waals surface area contributed by atoms with Crippen LogP contribution in [0.3, 0.4) is 0 Å². The molecule has 2 rings (SSSR count). The third-order valence-electron chi connectivity index (χ3n) is 5.90. The number of rotatable bonds is 12. The maximum absolute atomic E-state index is 14.3. The minimum absolute atomic E-state index is 0.0169. The van der Waals surface area contributed by atoms with E-state index in [0.29, 0.717) is 6.07 Å². The summed E-state index contributed by atoms with van der Waals surface area (Å²) in [5.41, 5.74) is 0.223. The van der Waals surface area contributed by atoms with Gasteiger partial charge < -0.3 is 30.6 Å². The normalized spacial score (nSPS) is 18.1. The number of aliphatic hydroxyl groups is 6. The first-order valence-corrected chi connectivity index (χ1v) is 10.8. The minimum atomic E-state index is -2.05. The van der Waals surface area contributed by atoms with Gasteiger partial charge >= 0.3 is 0 Å². The monoisotopic (exact) mass is 490 g/mol. The molecule has 3 unspecified atom stereocenters. The second-order valence-electron chi connectivity index (χ2n) is 8.69. The van der Waals surface area contributed by atoms with Crippen LogP contribution in [0.25, 0.3) is 0 Å². The highest BCUT2D eigenvalue weighted by Gasteiger charge is 2.38. The third kappa shape index (κ3) is 7.46. The quantitative estimate of drug-likeness (QED) is 0.251. The van der Waals surface area contributed by atoms with E-state index in [0.717, 1.165) is 18.2 Å². The molecule has 0 radical (unpaired) electrons. The minimum Gasteiger partial charge on any atom is -0.394 e. The van der Waals surface area contributed by atoms with E-state index in [2.05, 4.69) is 0 Å². The predicted molar refractivity (Wildman–Crippen MR) is 115 cm³/mol. The standard InChI is InChI=1S/C24H30F4O6/c1-12(6-13-2-4-16(25)9-18(13)27)7-15(8-14-3-5-17(26)10-19(14)28)21(31)23(33)24(34)22(32)20(30)11-29/h2-5,9-10,12,15,20-24,29-34H,6-8,11H2,1H3/t12?,15?,20-,21?,22+,23+,24-/m0/s1. The summed E-state index contributed by atoms with van der Waals surface area (Å²) in [4.78, 5) is 0. The van der Waals surface area contributed by atoms with Gasteiger partial charge in [-0.2, -0.15) is 0 Å². The van der Waals surface area contributed by atoms with Gasteiger partial charge in [0.2, 0.25) is 0 Å². The van der Waals surface area contributed by atoms with Crippen LogP contribution in [0.4, 0.5) is 17.6 Å². The summed E-state index contributed by atoms with van der Waals surface area (Å²) in [7, 11) is 0. The van der Waals surface area contributed by atoms with Gasteiger partial charge in [-0.15, -0.1) is 0 Å². The van der Waals surface area contributed by atoms with Crippen LogP contribution in [-0.4, -0.2) is 67.8 Å². The van der Waals surface area contributed by atoms with Gasteiger partial charge in [-0.1, -0.05) is 19.1 Å². The zero-order valence-corrected chi connectivity index (χ0v) is 18.5. The summed E-state index contributed by atoms with van der Waals surface area (Å²) in [5.74, 6) is -4.53. The van der Waals surface area contributed by atoms with Crippen LogP contribution in [0, 0.1) is 35.1 Å². The molecular weight excluding hydrogens is 460 g/mol. The first-order valence-electron chi connectivity index (χ1n) is 10.8. The SMILES string of the molecule is CC(Cc1ccc(F)cc1F)CC(Cc1ccc(F)cc1F)C(O)[C@@H](O)[C@@H](O)[C@H](O)[C@@H](O)CO. The van der Waals surface area contributed by atoms with Crippen LogP contribution in [0.2, 0.25) is 0 Å². The lowest BCUT2D eigenvalue weighted by Gasteiger charge is -2.33. The van der Waals surface area contributed by atoms with Crippen molar-refractivity contribution in [3.05, 3.63) is 70.8 Å². The second kappa shape index (κ2) is 12.6. The van der Waals surface area contributed by atoms with E-state index < -0.39 is 66.3 Å². The van der Waals surface area contributed by atoms with E-state index in [1.165, 1.54) is 12.1 Å². The fourth-order valence-electron chi connectivity index (χ4n) is 3.99. The van der Waals surface area contributed by atoms with Crippen molar-refractivity contribution in [2.24, 2.45) is 11.8 Å². The van der Waals surface area contributed by atoms with Gasteiger partial charge in [0.15, 0.2) is 0 Å². The van der Waals surface area contributed by atoms with Crippen molar-refractivity contribution >= 4 is 0 Å². The Balaban J connectivity index is 2.25. The number of aliphatic hydroxyl groups excluding tert-OH is 6. The Morgan fingerprint density at radius 1 is 0.676 bits per heavy atom. The van der Waals surface area contributed by atoms with Crippen LogP contribution in [0.5, 0.6) is 0 Å². The molecular formula is C24H30F4O6. The molecule has 0 spiro atoms. The highest BCUT2D eigenvalue weighted by molar-refractivity contribution is 5.20. The lowest BCUT2D eigenvalue weighted by Crippen LogP contribution is -2.52. The van der Waals surface area contributed by atoms with E-state index in [4.69, 9.17) is 5.11 Å². The van der Waals surface area contributed by atoms with Crippen LogP contribution in [0.1, 0.15) is 24.5 Å². The topological polar surface area (TPSA) is 121 Å². The van der Waals surface area contributed by atoms with Crippen molar-refractivity contribution in [3.8, 4) is 0 Å². The number of halogens is 4. The molecule has 6 N–H and O–H groups in total. The Bertz CT molecular complexity index is 930. The molecule has 7 atom stereocenters. The van der Waals surface area contributed by atoms with Crippen LogP contribution in [-0.2, 0) is 12.8 Å². The van der Waals surface area contributed by atoms with Gasteiger partial charge in [0.25, 0.3) is 0 Å². The molecule has 190 valence electrons. The molecule has 2 aromatic rings. The van der Waals surface area contributed by atoms with Gasteiger partial charge in [-0.25, -0.2) is 17.6 Å². The van der Waals surface area contributed by atoms with Crippen molar-refractivity contribution in [2.75, 3.05) is 6.61 Å². The molecule has 0 aromatic heterocycles. The Kier molecular flexibility index (Phi) is 10.4. The maximum atomic E-state index is 14.3.